The summed E-state index contributed by atoms with van der Waals surface area (Å²) in [5.74, 6) is -0.275. The summed E-state index contributed by atoms with van der Waals surface area (Å²) >= 11 is 0. The lowest BCUT2D eigenvalue weighted by Crippen LogP contribution is -2.48. The molecule has 1 rings (SSSR count). The maximum Gasteiger partial charge on any atom is 0.321 e. The third-order valence-electron chi connectivity index (χ3n) is 2.03. The number of rotatable bonds is 4. The van der Waals surface area contributed by atoms with Crippen molar-refractivity contribution in [3.63, 3.8) is 0 Å². The minimum absolute atomic E-state index is 0.275. The minimum Gasteiger partial charge on any atom is -0.338 e. The van der Waals surface area contributed by atoms with Crippen LogP contribution in [-0.4, -0.2) is 30.6 Å². The number of hydrogen-bond donors (Lipinski definition) is 3. The standard InChI is InChI=1S/C9H17N3O2/c1-3-10-9(14)12-8(13)6(2)11-7-4-5-7/h6-7,11H,3-5H2,1-2H3,(H2,10,12,13,14). The Hall–Kier alpha value is -1.10. The molecular formula is C9H17N3O2. The van der Waals surface area contributed by atoms with Crippen molar-refractivity contribution >= 4 is 11.9 Å². The summed E-state index contributed by atoms with van der Waals surface area (Å²) < 4.78 is 0. The van der Waals surface area contributed by atoms with Crippen LogP contribution in [-0.2, 0) is 4.79 Å². The highest BCUT2D eigenvalue weighted by atomic mass is 16.2. The van der Waals surface area contributed by atoms with Crippen molar-refractivity contribution in [1.82, 2.24) is 16.0 Å². The van der Waals surface area contributed by atoms with E-state index in [1.807, 2.05) is 0 Å². The van der Waals surface area contributed by atoms with Crippen LogP contribution in [0.3, 0.4) is 0 Å². The lowest BCUT2D eigenvalue weighted by Gasteiger charge is -2.12. The second-order valence-electron chi connectivity index (χ2n) is 3.51. The molecule has 14 heavy (non-hydrogen) atoms. The SMILES string of the molecule is CCNC(=O)NC(=O)C(C)NC1CC1. The molecule has 3 N–H and O–H groups in total. The van der Waals surface area contributed by atoms with Crippen LogP contribution in [0.5, 0.6) is 0 Å². The molecule has 1 atom stereocenters. The molecule has 3 amide bonds. The van der Waals surface area contributed by atoms with Crippen LogP contribution in [0, 0.1) is 0 Å². The van der Waals surface area contributed by atoms with E-state index in [2.05, 4.69) is 16.0 Å². The molecule has 1 unspecified atom stereocenters. The summed E-state index contributed by atoms with van der Waals surface area (Å²) in [7, 11) is 0. The average Bonchev–Trinajstić information content (AvgIpc) is 2.88. The first-order chi connectivity index (χ1) is 6.63. The van der Waals surface area contributed by atoms with Gasteiger partial charge in [-0.15, -0.1) is 0 Å². The maximum absolute atomic E-state index is 11.4. The van der Waals surface area contributed by atoms with Crippen molar-refractivity contribution in [1.29, 1.82) is 0 Å². The van der Waals surface area contributed by atoms with Gasteiger partial charge in [-0.25, -0.2) is 4.79 Å². The summed E-state index contributed by atoms with van der Waals surface area (Å²) in [5, 5.41) is 7.87. The Morgan fingerprint density at radius 2 is 2.07 bits per heavy atom. The molecule has 0 aromatic rings. The molecule has 1 saturated carbocycles. The summed E-state index contributed by atoms with van der Waals surface area (Å²) in [6, 6.07) is -0.267. The topological polar surface area (TPSA) is 70.2 Å². The number of hydrogen-bond acceptors (Lipinski definition) is 3. The Morgan fingerprint density at radius 1 is 1.43 bits per heavy atom. The van der Waals surface area contributed by atoms with Gasteiger partial charge in [0.05, 0.1) is 6.04 Å². The van der Waals surface area contributed by atoms with E-state index in [-0.39, 0.29) is 11.9 Å². The highest BCUT2D eigenvalue weighted by Crippen LogP contribution is 2.19. The minimum atomic E-state index is -0.429. The summed E-state index contributed by atoms with van der Waals surface area (Å²) in [6.45, 7) is 4.08. The van der Waals surface area contributed by atoms with Gasteiger partial charge in [-0.2, -0.15) is 0 Å². The number of urea groups is 1. The first-order valence-electron chi connectivity index (χ1n) is 4.98. The van der Waals surface area contributed by atoms with Crippen molar-refractivity contribution in [3.8, 4) is 0 Å². The lowest BCUT2D eigenvalue weighted by molar-refractivity contribution is -0.121. The van der Waals surface area contributed by atoms with Crippen molar-refractivity contribution in [2.45, 2.75) is 38.8 Å². The number of carbonyl (C=O) groups excluding carboxylic acids is 2. The Balaban J connectivity index is 2.21. The smallest absolute Gasteiger partial charge is 0.321 e. The number of imide groups is 1. The molecule has 0 aromatic heterocycles. The zero-order valence-corrected chi connectivity index (χ0v) is 8.59. The van der Waals surface area contributed by atoms with Crippen LogP contribution < -0.4 is 16.0 Å². The first-order valence-corrected chi connectivity index (χ1v) is 4.98. The third-order valence-corrected chi connectivity index (χ3v) is 2.03. The molecule has 80 valence electrons. The number of carbonyl (C=O) groups is 2. The van der Waals surface area contributed by atoms with Gasteiger partial charge in [-0.3, -0.25) is 10.1 Å². The van der Waals surface area contributed by atoms with Crippen molar-refractivity contribution in [2.24, 2.45) is 0 Å². The van der Waals surface area contributed by atoms with Gasteiger partial charge in [-0.1, -0.05) is 0 Å². The molecule has 5 heteroatoms. The molecule has 5 nitrogen and oxygen atoms in total. The zero-order valence-electron chi connectivity index (χ0n) is 8.59. The van der Waals surface area contributed by atoms with Gasteiger partial charge in [0.1, 0.15) is 0 Å². The fraction of sp³-hybridized carbons (Fsp3) is 0.778. The molecule has 0 aliphatic heterocycles. The highest BCUT2D eigenvalue weighted by molar-refractivity contribution is 5.96. The second kappa shape index (κ2) is 4.95. The van der Waals surface area contributed by atoms with E-state index < -0.39 is 6.03 Å². The second-order valence-corrected chi connectivity index (χ2v) is 3.51. The van der Waals surface area contributed by atoms with Gasteiger partial charge < -0.3 is 10.6 Å². The molecule has 0 spiro atoms. The number of amides is 3. The Morgan fingerprint density at radius 3 is 2.57 bits per heavy atom. The fourth-order valence-corrected chi connectivity index (χ4v) is 1.10. The summed E-state index contributed by atoms with van der Waals surface area (Å²) in [4.78, 5) is 22.3. The van der Waals surface area contributed by atoms with E-state index in [1.165, 1.54) is 0 Å². The average molecular weight is 199 g/mol. The van der Waals surface area contributed by atoms with E-state index in [0.717, 1.165) is 12.8 Å². The molecule has 1 fully saturated rings. The molecule has 0 radical (unpaired) electrons. The third kappa shape index (κ3) is 3.74. The first kappa shape index (κ1) is 11.0. The van der Waals surface area contributed by atoms with E-state index >= 15 is 0 Å². The predicted octanol–water partition coefficient (Wildman–Crippen LogP) is -0.0274. The molecule has 1 aliphatic carbocycles. The fourth-order valence-electron chi connectivity index (χ4n) is 1.10. The molecule has 0 heterocycles. The Kier molecular flexibility index (Phi) is 3.88. The zero-order chi connectivity index (χ0) is 10.6. The monoisotopic (exact) mass is 199 g/mol. The Labute approximate surface area is 83.6 Å². The quantitative estimate of drug-likeness (QED) is 0.595. The van der Waals surface area contributed by atoms with Crippen LogP contribution in [0.4, 0.5) is 4.79 Å². The molecular weight excluding hydrogens is 182 g/mol. The lowest BCUT2D eigenvalue weighted by atomic mass is 10.3. The van der Waals surface area contributed by atoms with Gasteiger partial charge in [-0.05, 0) is 26.7 Å². The van der Waals surface area contributed by atoms with Crippen LogP contribution in [0.2, 0.25) is 0 Å². The van der Waals surface area contributed by atoms with E-state index in [0.29, 0.717) is 12.6 Å². The van der Waals surface area contributed by atoms with E-state index in [4.69, 9.17) is 0 Å². The van der Waals surface area contributed by atoms with Gasteiger partial charge in [0.15, 0.2) is 0 Å². The molecule has 0 bridgehead atoms. The van der Waals surface area contributed by atoms with Gasteiger partial charge in [0.2, 0.25) is 5.91 Å². The van der Waals surface area contributed by atoms with Crippen molar-refractivity contribution < 1.29 is 9.59 Å². The highest BCUT2D eigenvalue weighted by Gasteiger charge is 2.26. The van der Waals surface area contributed by atoms with Gasteiger partial charge >= 0.3 is 6.03 Å². The summed E-state index contributed by atoms with van der Waals surface area (Å²) in [6.07, 6.45) is 2.25. The van der Waals surface area contributed by atoms with Gasteiger partial charge in [0.25, 0.3) is 0 Å². The van der Waals surface area contributed by atoms with Crippen LogP contribution in [0.15, 0.2) is 0 Å². The maximum atomic E-state index is 11.4. The van der Waals surface area contributed by atoms with Crippen molar-refractivity contribution in [3.05, 3.63) is 0 Å². The largest absolute Gasteiger partial charge is 0.338 e. The van der Waals surface area contributed by atoms with E-state index in [1.54, 1.807) is 13.8 Å². The predicted molar refractivity (Wildman–Crippen MR) is 52.8 cm³/mol. The summed E-state index contributed by atoms with van der Waals surface area (Å²) in [5.41, 5.74) is 0. The van der Waals surface area contributed by atoms with Crippen molar-refractivity contribution in [2.75, 3.05) is 6.54 Å². The molecule has 0 saturated heterocycles. The molecule has 1 aliphatic rings. The van der Waals surface area contributed by atoms with Gasteiger partial charge in [0, 0.05) is 12.6 Å². The molecule has 0 aromatic carbocycles. The van der Waals surface area contributed by atoms with Crippen LogP contribution in [0.1, 0.15) is 26.7 Å². The van der Waals surface area contributed by atoms with Crippen LogP contribution >= 0.6 is 0 Å². The Bertz CT molecular complexity index is 226. The van der Waals surface area contributed by atoms with Crippen LogP contribution in [0.25, 0.3) is 0 Å². The number of nitrogens with one attached hydrogen (secondary N) is 3. The normalized spacial score (nSPS) is 17.3. The van der Waals surface area contributed by atoms with E-state index in [9.17, 15) is 9.59 Å².